The third-order valence-corrected chi connectivity index (χ3v) is 4.07. The first kappa shape index (κ1) is 12.8. The molecule has 0 aliphatic heterocycles. The molecule has 0 unspecified atom stereocenters. The highest BCUT2D eigenvalue weighted by Crippen LogP contribution is 2.29. The first-order valence-corrected chi connectivity index (χ1v) is 7.21. The van der Waals surface area contributed by atoms with Gasteiger partial charge in [-0.1, -0.05) is 18.2 Å². The van der Waals surface area contributed by atoms with Gasteiger partial charge in [0.15, 0.2) is 0 Å². The number of hydrogen-bond donors (Lipinski definition) is 0. The van der Waals surface area contributed by atoms with Crippen molar-refractivity contribution in [3.63, 3.8) is 0 Å². The van der Waals surface area contributed by atoms with Crippen LogP contribution in [-0.4, -0.2) is 17.6 Å². The number of nitrogens with zero attached hydrogens (tertiary/aromatic N) is 1. The Morgan fingerprint density at radius 1 is 1.25 bits per heavy atom. The zero-order valence-corrected chi connectivity index (χ0v) is 11.8. The Morgan fingerprint density at radius 2 is 2.10 bits per heavy atom. The van der Waals surface area contributed by atoms with Gasteiger partial charge in [-0.15, -0.1) is 11.3 Å². The van der Waals surface area contributed by atoms with Crippen molar-refractivity contribution in [3.05, 3.63) is 53.5 Å². The molecule has 100 valence electrons. The number of hydrogen-bond acceptors (Lipinski definition) is 4. The molecule has 0 radical (unpaired) electrons. The molecule has 3 nitrogen and oxygen atoms in total. The molecule has 3 aromatic rings. The summed E-state index contributed by atoms with van der Waals surface area (Å²) in [5.74, 6) is -0.266. The molecular weight excluding hydrogens is 270 g/mol. The van der Waals surface area contributed by atoms with Crippen molar-refractivity contribution in [3.8, 4) is 10.4 Å². The monoisotopic (exact) mass is 283 g/mol. The third kappa shape index (κ3) is 2.42. The smallest absolute Gasteiger partial charge is 0.348 e. The van der Waals surface area contributed by atoms with E-state index in [1.165, 1.54) is 11.3 Å². The van der Waals surface area contributed by atoms with Crippen LogP contribution in [-0.2, 0) is 4.74 Å². The fraction of sp³-hybridized carbons (Fsp3) is 0.125. The zero-order valence-electron chi connectivity index (χ0n) is 11.0. The van der Waals surface area contributed by atoms with Crippen LogP contribution in [0.3, 0.4) is 0 Å². The second-order valence-electron chi connectivity index (χ2n) is 4.30. The molecule has 0 amide bonds. The number of esters is 1. The summed E-state index contributed by atoms with van der Waals surface area (Å²) < 4.78 is 5.00. The Labute approximate surface area is 120 Å². The van der Waals surface area contributed by atoms with Gasteiger partial charge in [0.1, 0.15) is 4.88 Å². The van der Waals surface area contributed by atoms with Gasteiger partial charge < -0.3 is 4.74 Å². The number of carbonyl (C=O) groups excluding carboxylic acids is 1. The summed E-state index contributed by atoms with van der Waals surface area (Å²) >= 11 is 1.43. The van der Waals surface area contributed by atoms with Crippen LogP contribution in [0.25, 0.3) is 21.3 Å². The molecular formula is C16H13NO2S. The molecule has 0 aliphatic rings. The Morgan fingerprint density at radius 3 is 2.95 bits per heavy atom. The summed E-state index contributed by atoms with van der Waals surface area (Å²) in [7, 11) is 0. The summed E-state index contributed by atoms with van der Waals surface area (Å²) in [5, 5.41) is 1.09. The highest BCUT2D eigenvalue weighted by molar-refractivity contribution is 7.17. The highest BCUT2D eigenvalue weighted by atomic mass is 32.1. The Balaban J connectivity index is 1.96. The van der Waals surface area contributed by atoms with Gasteiger partial charge in [0, 0.05) is 22.0 Å². The van der Waals surface area contributed by atoms with Crippen LogP contribution in [0.4, 0.5) is 0 Å². The number of ether oxygens (including phenoxy) is 1. The van der Waals surface area contributed by atoms with Crippen LogP contribution in [0.2, 0.25) is 0 Å². The molecule has 0 bridgehead atoms. The summed E-state index contributed by atoms with van der Waals surface area (Å²) in [5.41, 5.74) is 1.99. The van der Waals surface area contributed by atoms with E-state index < -0.39 is 0 Å². The minimum atomic E-state index is -0.266. The molecule has 0 atom stereocenters. The number of fused-ring (bicyclic) bond motifs is 1. The average Bonchev–Trinajstić information content (AvgIpc) is 2.97. The molecule has 1 aromatic carbocycles. The van der Waals surface area contributed by atoms with Gasteiger partial charge >= 0.3 is 5.97 Å². The van der Waals surface area contributed by atoms with Crippen LogP contribution < -0.4 is 0 Å². The van der Waals surface area contributed by atoms with Crippen molar-refractivity contribution in [1.82, 2.24) is 4.98 Å². The lowest BCUT2D eigenvalue weighted by Gasteiger charge is -2.00. The molecule has 4 heteroatoms. The van der Waals surface area contributed by atoms with Gasteiger partial charge in [0.05, 0.1) is 12.1 Å². The summed E-state index contributed by atoms with van der Waals surface area (Å²) in [6.07, 6.45) is 1.84. The number of rotatable bonds is 3. The second-order valence-corrected chi connectivity index (χ2v) is 5.38. The maximum absolute atomic E-state index is 11.7. The van der Waals surface area contributed by atoms with Gasteiger partial charge in [0.25, 0.3) is 0 Å². The average molecular weight is 283 g/mol. The van der Waals surface area contributed by atoms with Crippen LogP contribution >= 0.6 is 11.3 Å². The molecule has 0 aliphatic carbocycles. The van der Waals surface area contributed by atoms with E-state index in [0.717, 1.165) is 21.3 Å². The fourth-order valence-corrected chi connectivity index (χ4v) is 2.89. The lowest BCUT2D eigenvalue weighted by Crippen LogP contribution is -2.01. The number of carbonyl (C=O) groups is 1. The number of aromatic nitrogens is 1. The first-order valence-electron chi connectivity index (χ1n) is 6.40. The van der Waals surface area contributed by atoms with Crippen molar-refractivity contribution < 1.29 is 9.53 Å². The van der Waals surface area contributed by atoms with Crippen molar-refractivity contribution in [2.45, 2.75) is 6.92 Å². The normalized spacial score (nSPS) is 10.7. The Kier molecular flexibility index (Phi) is 3.48. The predicted octanol–water partition coefficient (Wildman–Crippen LogP) is 4.14. The van der Waals surface area contributed by atoms with E-state index in [0.29, 0.717) is 11.5 Å². The van der Waals surface area contributed by atoms with Crippen LogP contribution in [0.5, 0.6) is 0 Å². The van der Waals surface area contributed by atoms with Gasteiger partial charge in [-0.2, -0.15) is 0 Å². The summed E-state index contributed by atoms with van der Waals surface area (Å²) in [6.45, 7) is 2.20. The van der Waals surface area contributed by atoms with Crippen molar-refractivity contribution >= 4 is 28.2 Å². The van der Waals surface area contributed by atoms with E-state index in [-0.39, 0.29) is 5.97 Å². The number of thiophene rings is 1. The Bertz CT molecular complexity index is 764. The summed E-state index contributed by atoms with van der Waals surface area (Å²) in [6, 6.07) is 13.8. The zero-order chi connectivity index (χ0) is 13.9. The van der Waals surface area contributed by atoms with E-state index in [2.05, 4.69) is 11.1 Å². The van der Waals surface area contributed by atoms with Gasteiger partial charge in [-0.3, -0.25) is 4.98 Å². The van der Waals surface area contributed by atoms with E-state index in [4.69, 9.17) is 4.74 Å². The largest absolute Gasteiger partial charge is 0.462 e. The lowest BCUT2D eigenvalue weighted by molar-refractivity contribution is 0.0532. The van der Waals surface area contributed by atoms with E-state index in [1.54, 1.807) is 13.0 Å². The topological polar surface area (TPSA) is 39.2 Å². The van der Waals surface area contributed by atoms with Crippen LogP contribution in [0.15, 0.2) is 48.7 Å². The van der Waals surface area contributed by atoms with Crippen molar-refractivity contribution in [2.24, 2.45) is 0 Å². The summed E-state index contributed by atoms with van der Waals surface area (Å²) in [4.78, 5) is 17.8. The molecule has 0 spiro atoms. The quantitative estimate of drug-likeness (QED) is 0.678. The minimum Gasteiger partial charge on any atom is -0.462 e. The number of benzene rings is 1. The molecule has 2 aromatic heterocycles. The first-order chi connectivity index (χ1) is 9.78. The lowest BCUT2D eigenvalue weighted by atomic mass is 10.1. The maximum atomic E-state index is 11.7. The molecule has 2 heterocycles. The van der Waals surface area contributed by atoms with Crippen LogP contribution in [0, 0.1) is 0 Å². The van der Waals surface area contributed by atoms with Crippen LogP contribution in [0.1, 0.15) is 16.6 Å². The van der Waals surface area contributed by atoms with E-state index >= 15 is 0 Å². The van der Waals surface area contributed by atoms with Crippen molar-refractivity contribution in [2.75, 3.05) is 6.61 Å². The maximum Gasteiger partial charge on any atom is 0.348 e. The molecule has 0 fully saturated rings. The molecule has 0 saturated carbocycles. The molecule has 3 rings (SSSR count). The van der Waals surface area contributed by atoms with Gasteiger partial charge in [-0.25, -0.2) is 4.79 Å². The SMILES string of the molecule is CCOC(=O)c1ccc(-c2cnc3ccccc3c2)s1. The second kappa shape index (κ2) is 5.43. The predicted molar refractivity (Wildman–Crippen MR) is 81.0 cm³/mol. The highest BCUT2D eigenvalue weighted by Gasteiger charge is 2.11. The minimum absolute atomic E-state index is 0.266. The van der Waals surface area contributed by atoms with Gasteiger partial charge in [-0.05, 0) is 31.2 Å². The standard InChI is InChI=1S/C16H13NO2S/c1-2-19-16(18)15-8-7-14(20-15)12-9-11-5-3-4-6-13(11)17-10-12/h3-10H,2H2,1H3. The number of para-hydroxylation sites is 1. The van der Waals surface area contributed by atoms with Crippen molar-refractivity contribution in [1.29, 1.82) is 0 Å². The number of pyridine rings is 1. The van der Waals surface area contributed by atoms with Gasteiger partial charge in [0.2, 0.25) is 0 Å². The molecule has 0 N–H and O–H groups in total. The fourth-order valence-electron chi connectivity index (χ4n) is 2.01. The van der Waals surface area contributed by atoms with E-state index in [1.807, 2.05) is 36.5 Å². The van der Waals surface area contributed by atoms with E-state index in [9.17, 15) is 4.79 Å². The Hall–Kier alpha value is -2.20. The molecule has 20 heavy (non-hydrogen) atoms. The third-order valence-electron chi connectivity index (χ3n) is 2.96. The molecule has 0 saturated heterocycles.